The fourth-order valence-electron chi connectivity index (χ4n) is 2.37. The van der Waals surface area contributed by atoms with E-state index in [1.807, 2.05) is 0 Å². The van der Waals surface area contributed by atoms with Gasteiger partial charge in [-0.15, -0.1) is 0 Å². The normalized spacial score (nSPS) is 20.4. The molecule has 1 atom stereocenters. The van der Waals surface area contributed by atoms with Gasteiger partial charge in [0.25, 0.3) is 0 Å². The van der Waals surface area contributed by atoms with E-state index in [-0.39, 0.29) is 5.54 Å². The summed E-state index contributed by atoms with van der Waals surface area (Å²) in [5, 5.41) is 12.3. The molecule has 0 amide bonds. The number of hydrogen-bond acceptors (Lipinski definition) is 3. The molecule has 1 aliphatic carbocycles. The molecule has 0 aromatic rings. The van der Waals surface area contributed by atoms with Gasteiger partial charge in [-0.2, -0.15) is 0 Å². The molecule has 3 nitrogen and oxygen atoms in total. The maximum absolute atomic E-state index is 8.69. The number of nitrogens with two attached hydrogens (primary N) is 1. The van der Waals surface area contributed by atoms with Gasteiger partial charge in [-0.1, -0.05) is 19.3 Å². The zero-order valence-corrected chi connectivity index (χ0v) is 10.7. The molecule has 1 unspecified atom stereocenters. The van der Waals surface area contributed by atoms with Crippen LogP contribution in [-0.2, 0) is 0 Å². The number of aliphatic hydroxyl groups excluding tert-OH is 1. The van der Waals surface area contributed by atoms with Gasteiger partial charge in [0.15, 0.2) is 0 Å². The second-order valence-corrected chi connectivity index (χ2v) is 5.48. The average Bonchev–Trinajstić information content (AvgIpc) is 2.24. The highest BCUT2D eigenvalue weighted by molar-refractivity contribution is 4.88. The lowest BCUT2D eigenvalue weighted by molar-refractivity contribution is 0.206. The molecular formula is C13H28N2O. The predicted molar refractivity (Wildman–Crippen MR) is 68.4 cm³/mol. The first kappa shape index (κ1) is 13.9. The van der Waals surface area contributed by atoms with Gasteiger partial charge in [0.1, 0.15) is 0 Å². The molecule has 1 aliphatic rings. The van der Waals surface area contributed by atoms with Crippen LogP contribution in [-0.4, -0.2) is 30.3 Å². The molecule has 0 bridgehead atoms. The third-order valence-electron chi connectivity index (χ3n) is 3.80. The Kier molecular flexibility index (Phi) is 6.32. The summed E-state index contributed by atoms with van der Waals surface area (Å²) >= 11 is 0. The van der Waals surface area contributed by atoms with E-state index in [2.05, 4.69) is 12.2 Å². The van der Waals surface area contributed by atoms with Gasteiger partial charge in [0.2, 0.25) is 0 Å². The number of rotatable bonds is 9. The molecule has 0 aromatic heterocycles. The smallest absolute Gasteiger partial charge is 0.0431 e. The van der Waals surface area contributed by atoms with E-state index in [4.69, 9.17) is 10.8 Å². The van der Waals surface area contributed by atoms with E-state index in [1.165, 1.54) is 25.7 Å². The van der Waals surface area contributed by atoms with Crippen molar-refractivity contribution in [2.75, 3.05) is 19.7 Å². The van der Waals surface area contributed by atoms with Crippen molar-refractivity contribution in [3.63, 3.8) is 0 Å². The van der Waals surface area contributed by atoms with E-state index in [9.17, 15) is 0 Å². The van der Waals surface area contributed by atoms with Crippen molar-refractivity contribution in [1.29, 1.82) is 0 Å². The summed E-state index contributed by atoms with van der Waals surface area (Å²) in [7, 11) is 0. The molecule has 0 heterocycles. The van der Waals surface area contributed by atoms with Gasteiger partial charge < -0.3 is 16.2 Å². The van der Waals surface area contributed by atoms with E-state index >= 15 is 0 Å². The standard InChI is InChI=1S/C13H28N2O/c1-13(11-14,10-12-6-5-7-12)15-8-3-2-4-9-16/h12,15-16H,2-11,14H2,1H3. The van der Waals surface area contributed by atoms with Crippen LogP contribution in [0.15, 0.2) is 0 Å². The first-order chi connectivity index (χ1) is 7.70. The lowest BCUT2D eigenvalue weighted by Crippen LogP contribution is -2.50. The lowest BCUT2D eigenvalue weighted by Gasteiger charge is -2.37. The van der Waals surface area contributed by atoms with Crippen LogP contribution < -0.4 is 11.1 Å². The van der Waals surface area contributed by atoms with Gasteiger partial charge in [-0.25, -0.2) is 0 Å². The molecular weight excluding hydrogens is 200 g/mol. The molecule has 0 saturated heterocycles. The summed E-state index contributed by atoms with van der Waals surface area (Å²) in [4.78, 5) is 0. The Labute approximate surface area is 99.8 Å². The largest absolute Gasteiger partial charge is 0.396 e. The lowest BCUT2D eigenvalue weighted by atomic mass is 9.76. The first-order valence-electron chi connectivity index (χ1n) is 6.76. The minimum absolute atomic E-state index is 0.129. The zero-order valence-electron chi connectivity index (χ0n) is 10.7. The van der Waals surface area contributed by atoms with Crippen molar-refractivity contribution < 1.29 is 5.11 Å². The highest BCUT2D eigenvalue weighted by Gasteiger charge is 2.29. The molecule has 0 aliphatic heterocycles. The summed E-state index contributed by atoms with van der Waals surface area (Å²) in [6.07, 6.45) is 8.58. The molecule has 1 fully saturated rings. The quantitative estimate of drug-likeness (QED) is 0.526. The van der Waals surface area contributed by atoms with Crippen molar-refractivity contribution in [3.05, 3.63) is 0 Å². The van der Waals surface area contributed by atoms with E-state index < -0.39 is 0 Å². The van der Waals surface area contributed by atoms with Crippen molar-refractivity contribution >= 4 is 0 Å². The molecule has 1 saturated carbocycles. The number of nitrogens with one attached hydrogen (secondary N) is 1. The van der Waals surface area contributed by atoms with Crippen LogP contribution >= 0.6 is 0 Å². The second-order valence-electron chi connectivity index (χ2n) is 5.48. The maximum Gasteiger partial charge on any atom is 0.0431 e. The average molecular weight is 228 g/mol. The van der Waals surface area contributed by atoms with Gasteiger partial charge in [-0.05, 0) is 45.1 Å². The summed E-state index contributed by atoms with van der Waals surface area (Å²) in [6, 6.07) is 0. The maximum atomic E-state index is 8.69. The van der Waals surface area contributed by atoms with Crippen molar-refractivity contribution in [2.24, 2.45) is 11.7 Å². The molecule has 96 valence electrons. The molecule has 0 aromatic carbocycles. The zero-order chi connectivity index (χ0) is 11.9. The Bertz CT molecular complexity index is 183. The fourth-order valence-corrected chi connectivity index (χ4v) is 2.37. The third kappa shape index (κ3) is 4.81. The fraction of sp³-hybridized carbons (Fsp3) is 1.00. The summed E-state index contributed by atoms with van der Waals surface area (Å²) in [5.41, 5.74) is 6.00. The monoisotopic (exact) mass is 228 g/mol. The van der Waals surface area contributed by atoms with Crippen LogP contribution in [0.1, 0.15) is 51.9 Å². The molecule has 16 heavy (non-hydrogen) atoms. The Hall–Kier alpha value is -0.120. The van der Waals surface area contributed by atoms with Crippen LogP contribution in [0, 0.1) is 5.92 Å². The van der Waals surface area contributed by atoms with Crippen LogP contribution in [0.25, 0.3) is 0 Å². The number of unbranched alkanes of at least 4 members (excludes halogenated alkanes) is 2. The number of aliphatic hydroxyl groups is 1. The highest BCUT2D eigenvalue weighted by atomic mass is 16.2. The van der Waals surface area contributed by atoms with Crippen LogP contribution in [0.3, 0.4) is 0 Å². The van der Waals surface area contributed by atoms with E-state index in [0.717, 1.165) is 38.3 Å². The Balaban J connectivity index is 2.12. The Morgan fingerprint density at radius 3 is 2.56 bits per heavy atom. The van der Waals surface area contributed by atoms with Gasteiger partial charge in [-0.3, -0.25) is 0 Å². The van der Waals surface area contributed by atoms with E-state index in [0.29, 0.717) is 6.61 Å². The minimum atomic E-state index is 0.129. The SMILES string of the molecule is CC(CN)(CC1CCC1)NCCCCCO. The molecule has 0 radical (unpaired) electrons. The Morgan fingerprint density at radius 2 is 2.06 bits per heavy atom. The van der Waals surface area contributed by atoms with Crippen LogP contribution in [0.5, 0.6) is 0 Å². The second kappa shape index (κ2) is 7.25. The Morgan fingerprint density at radius 1 is 1.31 bits per heavy atom. The molecule has 0 spiro atoms. The summed E-state index contributed by atoms with van der Waals surface area (Å²) < 4.78 is 0. The topological polar surface area (TPSA) is 58.3 Å². The van der Waals surface area contributed by atoms with Gasteiger partial charge in [0, 0.05) is 18.7 Å². The van der Waals surface area contributed by atoms with Crippen molar-refractivity contribution in [2.45, 2.75) is 57.4 Å². The van der Waals surface area contributed by atoms with Crippen LogP contribution in [0.2, 0.25) is 0 Å². The molecule has 3 heteroatoms. The van der Waals surface area contributed by atoms with Crippen LogP contribution in [0.4, 0.5) is 0 Å². The molecule has 4 N–H and O–H groups in total. The number of hydrogen-bond donors (Lipinski definition) is 3. The predicted octanol–water partition coefficient (Wildman–Crippen LogP) is 1.65. The van der Waals surface area contributed by atoms with Crippen molar-refractivity contribution in [1.82, 2.24) is 5.32 Å². The summed E-state index contributed by atoms with van der Waals surface area (Å²) in [6.45, 7) is 4.32. The van der Waals surface area contributed by atoms with E-state index in [1.54, 1.807) is 0 Å². The van der Waals surface area contributed by atoms with Gasteiger partial charge in [0.05, 0.1) is 0 Å². The third-order valence-corrected chi connectivity index (χ3v) is 3.80. The molecule has 1 rings (SSSR count). The first-order valence-corrected chi connectivity index (χ1v) is 6.76. The minimum Gasteiger partial charge on any atom is -0.396 e. The van der Waals surface area contributed by atoms with Gasteiger partial charge >= 0.3 is 0 Å². The van der Waals surface area contributed by atoms with Crippen molar-refractivity contribution in [3.8, 4) is 0 Å². The highest BCUT2D eigenvalue weighted by Crippen LogP contribution is 2.33. The summed E-state index contributed by atoms with van der Waals surface area (Å²) in [5.74, 6) is 0.901.